The van der Waals surface area contributed by atoms with E-state index >= 15 is 0 Å². The summed E-state index contributed by atoms with van der Waals surface area (Å²) in [4.78, 5) is 0. The molecule has 2 aliphatic carbocycles. The molecule has 2 rings (SSSR count). The highest BCUT2D eigenvalue weighted by Crippen LogP contribution is 2.55. The van der Waals surface area contributed by atoms with Gasteiger partial charge >= 0.3 is 0 Å². The van der Waals surface area contributed by atoms with Crippen molar-refractivity contribution < 1.29 is 0 Å². The molecule has 1 nitrogen and oxygen atoms in total. The van der Waals surface area contributed by atoms with Crippen LogP contribution in [-0.4, -0.2) is 6.04 Å². The van der Waals surface area contributed by atoms with Gasteiger partial charge in [-0.1, -0.05) is 13.0 Å². The first-order chi connectivity index (χ1) is 4.92. The molecule has 0 spiro atoms. The van der Waals surface area contributed by atoms with Crippen LogP contribution < -0.4 is 5.32 Å². The summed E-state index contributed by atoms with van der Waals surface area (Å²) in [5.41, 5.74) is 0. The summed E-state index contributed by atoms with van der Waals surface area (Å²) in [6.45, 7) is 2.17. The maximum atomic E-state index is 3.43. The fourth-order valence-corrected chi connectivity index (χ4v) is 1.84. The van der Waals surface area contributed by atoms with Gasteiger partial charge in [0.1, 0.15) is 0 Å². The molecule has 1 N–H and O–H groups in total. The van der Waals surface area contributed by atoms with Crippen LogP contribution in [0.2, 0.25) is 0 Å². The number of nitrogens with one attached hydrogen (secondary N) is 1. The highest BCUT2D eigenvalue weighted by Gasteiger charge is 2.52. The zero-order valence-corrected chi connectivity index (χ0v) is 6.51. The summed E-state index contributed by atoms with van der Waals surface area (Å²) >= 11 is 0. The third-order valence-corrected chi connectivity index (χ3v) is 2.71. The van der Waals surface area contributed by atoms with E-state index < -0.39 is 0 Å². The molecule has 0 radical (unpaired) electrons. The smallest absolute Gasteiger partial charge is 0.0289 e. The molecule has 0 amide bonds. The van der Waals surface area contributed by atoms with Crippen molar-refractivity contribution in [3.05, 3.63) is 12.3 Å². The van der Waals surface area contributed by atoms with Crippen LogP contribution in [0.4, 0.5) is 0 Å². The second-order valence-corrected chi connectivity index (χ2v) is 3.48. The Morgan fingerprint density at radius 2 is 2.40 bits per heavy atom. The first-order valence-corrected chi connectivity index (χ1v) is 4.33. The van der Waals surface area contributed by atoms with Crippen LogP contribution in [-0.2, 0) is 0 Å². The highest BCUT2D eigenvalue weighted by molar-refractivity contribution is 5.08. The van der Waals surface area contributed by atoms with Crippen LogP contribution in [0.3, 0.4) is 0 Å². The summed E-state index contributed by atoms with van der Waals surface area (Å²) in [6.07, 6.45) is 8.39. The quantitative estimate of drug-likeness (QED) is 0.626. The van der Waals surface area contributed by atoms with E-state index in [4.69, 9.17) is 0 Å². The molecule has 0 bridgehead atoms. The number of fused-ring (bicyclic) bond motifs is 1. The molecule has 2 fully saturated rings. The molecule has 2 saturated carbocycles. The molecule has 0 saturated heterocycles. The lowest BCUT2D eigenvalue weighted by atomic mass is 9.93. The van der Waals surface area contributed by atoms with Crippen LogP contribution in [0.1, 0.15) is 26.2 Å². The van der Waals surface area contributed by atoms with Gasteiger partial charge in [0.25, 0.3) is 0 Å². The minimum absolute atomic E-state index is 0.841. The lowest BCUT2D eigenvalue weighted by Gasteiger charge is -2.24. The van der Waals surface area contributed by atoms with Crippen molar-refractivity contribution >= 4 is 0 Å². The van der Waals surface area contributed by atoms with Gasteiger partial charge in [-0.15, -0.1) is 0 Å². The summed E-state index contributed by atoms with van der Waals surface area (Å²) in [5.74, 6) is 2.18. The van der Waals surface area contributed by atoms with Crippen LogP contribution >= 0.6 is 0 Å². The van der Waals surface area contributed by atoms with E-state index in [9.17, 15) is 0 Å². The number of allylic oxidation sites excluding steroid dienone is 1. The molecule has 2 unspecified atom stereocenters. The largest absolute Gasteiger partial charge is 0.388 e. The molecule has 2 aliphatic rings. The van der Waals surface area contributed by atoms with Gasteiger partial charge in [-0.25, -0.2) is 0 Å². The van der Waals surface area contributed by atoms with Gasteiger partial charge in [0.05, 0.1) is 0 Å². The molecule has 0 aliphatic heterocycles. The average molecular weight is 137 g/mol. The summed E-state index contributed by atoms with van der Waals surface area (Å²) in [7, 11) is 0. The molecule has 0 aromatic rings. The average Bonchev–Trinajstić information content (AvgIpc) is 2.54. The number of hydrogen-bond donors (Lipinski definition) is 1. The second-order valence-electron chi connectivity index (χ2n) is 3.48. The van der Waals surface area contributed by atoms with E-state index in [1.807, 2.05) is 0 Å². The van der Waals surface area contributed by atoms with E-state index in [0.717, 1.165) is 24.3 Å². The van der Waals surface area contributed by atoms with Crippen molar-refractivity contribution in [1.29, 1.82) is 0 Å². The van der Waals surface area contributed by atoms with Gasteiger partial charge in [-0.2, -0.15) is 0 Å². The molecule has 56 valence electrons. The molecule has 0 aromatic carbocycles. The Morgan fingerprint density at radius 1 is 1.50 bits per heavy atom. The topological polar surface area (TPSA) is 12.0 Å². The summed E-state index contributed by atoms with van der Waals surface area (Å²) in [6, 6.07) is 0.841. The van der Waals surface area contributed by atoms with Gasteiger partial charge < -0.3 is 5.32 Å². The summed E-state index contributed by atoms with van der Waals surface area (Å²) < 4.78 is 0. The minimum atomic E-state index is 0.841. The van der Waals surface area contributed by atoms with Crippen LogP contribution in [0, 0.1) is 11.8 Å². The molecule has 0 heterocycles. The Morgan fingerprint density at radius 3 is 2.90 bits per heavy atom. The Labute approximate surface area is 62.5 Å². The van der Waals surface area contributed by atoms with Crippen molar-refractivity contribution in [3.63, 3.8) is 0 Å². The lowest BCUT2D eigenvalue weighted by molar-refractivity contribution is 0.345. The minimum Gasteiger partial charge on any atom is -0.388 e. The summed E-state index contributed by atoms with van der Waals surface area (Å²) in [5, 5.41) is 3.43. The molecule has 0 aromatic heterocycles. The molecule has 3 atom stereocenters. The fraction of sp³-hybridized carbons (Fsp3) is 0.778. The number of hydrogen-bond acceptors (Lipinski definition) is 1. The second kappa shape index (κ2) is 2.30. The van der Waals surface area contributed by atoms with Crippen molar-refractivity contribution in [2.75, 3.05) is 0 Å². The van der Waals surface area contributed by atoms with Crippen LogP contribution in [0.5, 0.6) is 0 Å². The molecule has 1 heteroatoms. The van der Waals surface area contributed by atoms with Crippen molar-refractivity contribution in [3.8, 4) is 0 Å². The highest BCUT2D eigenvalue weighted by atomic mass is 14.9. The van der Waals surface area contributed by atoms with E-state index in [1.54, 1.807) is 0 Å². The molecular formula is C9H15N. The maximum Gasteiger partial charge on any atom is 0.0289 e. The van der Waals surface area contributed by atoms with Gasteiger partial charge in [0.2, 0.25) is 0 Å². The van der Waals surface area contributed by atoms with E-state index in [0.29, 0.717) is 0 Å². The SMILES string of the molecule is CC/C=C/NC1C[C@H]2CC12. The van der Waals surface area contributed by atoms with E-state index in [-0.39, 0.29) is 0 Å². The first-order valence-electron chi connectivity index (χ1n) is 4.33. The zero-order chi connectivity index (χ0) is 6.97. The normalized spacial score (nSPS) is 42.7. The van der Waals surface area contributed by atoms with E-state index in [1.165, 1.54) is 12.8 Å². The Kier molecular flexibility index (Phi) is 1.44. The maximum absolute atomic E-state index is 3.43. The fourth-order valence-electron chi connectivity index (χ4n) is 1.84. The van der Waals surface area contributed by atoms with Crippen molar-refractivity contribution in [1.82, 2.24) is 5.32 Å². The predicted octanol–water partition coefficient (Wildman–Crippen LogP) is 1.91. The standard InChI is InChI=1S/C9H15N/c1-2-3-4-10-9-6-7-5-8(7)9/h3-4,7-10H,2,5-6H2,1H3/b4-3+/t7-,8?,9?/m1/s1. The van der Waals surface area contributed by atoms with Gasteiger partial charge in [-0.05, 0) is 37.3 Å². The Bertz CT molecular complexity index is 151. The third-order valence-electron chi connectivity index (χ3n) is 2.71. The Hall–Kier alpha value is -0.460. The van der Waals surface area contributed by atoms with Gasteiger partial charge in [0.15, 0.2) is 0 Å². The Balaban J connectivity index is 1.66. The molecule has 10 heavy (non-hydrogen) atoms. The van der Waals surface area contributed by atoms with Gasteiger partial charge in [-0.3, -0.25) is 0 Å². The lowest BCUT2D eigenvalue weighted by Crippen LogP contribution is -2.34. The van der Waals surface area contributed by atoms with Crippen LogP contribution in [0.25, 0.3) is 0 Å². The molecular weight excluding hydrogens is 122 g/mol. The van der Waals surface area contributed by atoms with Crippen molar-refractivity contribution in [2.45, 2.75) is 32.2 Å². The third kappa shape index (κ3) is 0.938. The predicted molar refractivity (Wildman–Crippen MR) is 42.6 cm³/mol. The number of rotatable bonds is 3. The van der Waals surface area contributed by atoms with E-state index in [2.05, 4.69) is 24.5 Å². The zero-order valence-electron chi connectivity index (χ0n) is 6.51. The van der Waals surface area contributed by atoms with Crippen molar-refractivity contribution in [2.24, 2.45) is 11.8 Å². The van der Waals surface area contributed by atoms with Crippen LogP contribution in [0.15, 0.2) is 12.3 Å². The monoisotopic (exact) mass is 137 g/mol. The van der Waals surface area contributed by atoms with Gasteiger partial charge in [0, 0.05) is 6.04 Å². The first kappa shape index (κ1) is 6.26.